The van der Waals surface area contributed by atoms with Crippen LogP contribution in [0.3, 0.4) is 0 Å². The highest BCUT2D eigenvalue weighted by molar-refractivity contribution is 7.07. The second-order valence-corrected chi connectivity index (χ2v) is 6.14. The number of hydrogen-bond donors (Lipinski definition) is 2. The number of thiophene rings is 1. The summed E-state index contributed by atoms with van der Waals surface area (Å²) < 4.78 is 0. The van der Waals surface area contributed by atoms with E-state index in [1.165, 1.54) is 5.56 Å². The lowest BCUT2D eigenvalue weighted by Gasteiger charge is -2.15. The van der Waals surface area contributed by atoms with Crippen LogP contribution in [0.1, 0.15) is 36.9 Å². The van der Waals surface area contributed by atoms with Crippen molar-refractivity contribution in [3.05, 3.63) is 58.3 Å². The first-order chi connectivity index (χ1) is 10.1. The number of hydrogen-bond acceptors (Lipinski definition) is 3. The molecule has 3 N–H and O–H groups in total. The Hall–Kier alpha value is -1.65. The van der Waals surface area contributed by atoms with Crippen molar-refractivity contribution in [3.8, 4) is 0 Å². The van der Waals surface area contributed by atoms with E-state index in [-0.39, 0.29) is 18.0 Å². The first-order valence-electron chi connectivity index (χ1n) is 7.26. The molecule has 112 valence electrons. The molecular weight excluding hydrogens is 280 g/mol. The van der Waals surface area contributed by atoms with E-state index in [0.717, 1.165) is 12.0 Å². The van der Waals surface area contributed by atoms with E-state index < -0.39 is 0 Å². The number of nitrogens with one attached hydrogen (secondary N) is 1. The minimum absolute atomic E-state index is 0.0733. The van der Waals surface area contributed by atoms with Crippen molar-refractivity contribution in [3.63, 3.8) is 0 Å². The van der Waals surface area contributed by atoms with E-state index >= 15 is 0 Å². The molecule has 0 bridgehead atoms. The summed E-state index contributed by atoms with van der Waals surface area (Å²) >= 11 is 1.68. The third-order valence-electron chi connectivity index (χ3n) is 3.44. The van der Waals surface area contributed by atoms with Crippen molar-refractivity contribution >= 4 is 17.2 Å². The number of carbonyl (C=O) groups excluding carboxylic acids is 1. The molecule has 1 amide bonds. The quantitative estimate of drug-likeness (QED) is 0.824. The van der Waals surface area contributed by atoms with Crippen LogP contribution in [-0.4, -0.2) is 11.9 Å². The zero-order valence-electron chi connectivity index (χ0n) is 12.3. The summed E-state index contributed by atoms with van der Waals surface area (Å²) in [5, 5.41) is 7.21. The minimum atomic E-state index is -0.0795. The topological polar surface area (TPSA) is 55.1 Å². The number of amides is 1. The van der Waals surface area contributed by atoms with Gasteiger partial charge < -0.3 is 11.1 Å². The standard InChI is InChI=1S/C17H22N2OS/c1-13(11-14-9-10-21-12-14)19-17(20)8-7-16(18)15-5-3-2-4-6-15/h2-6,9-10,12-13,16H,7-8,11,18H2,1H3,(H,19,20). The Morgan fingerprint density at radius 3 is 2.71 bits per heavy atom. The lowest BCUT2D eigenvalue weighted by atomic mass is 10.0. The fraction of sp³-hybridized carbons (Fsp3) is 0.353. The molecule has 21 heavy (non-hydrogen) atoms. The monoisotopic (exact) mass is 302 g/mol. The Labute approximate surface area is 130 Å². The van der Waals surface area contributed by atoms with E-state index in [9.17, 15) is 4.79 Å². The summed E-state index contributed by atoms with van der Waals surface area (Å²) in [7, 11) is 0. The highest BCUT2D eigenvalue weighted by Gasteiger charge is 2.11. The van der Waals surface area contributed by atoms with Crippen molar-refractivity contribution in [2.75, 3.05) is 0 Å². The summed E-state index contributed by atoms with van der Waals surface area (Å²) in [6.07, 6.45) is 2.00. The van der Waals surface area contributed by atoms with E-state index in [2.05, 4.69) is 22.1 Å². The summed E-state index contributed by atoms with van der Waals surface area (Å²) in [5.74, 6) is 0.0733. The molecule has 2 rings (SSSR count). The zero-order valence-corrected chi connectivity index (χ0v) is 13.1. The third-order valence-corrected chi connectivity index (χ3v) is 4.17. The van der Waals surface area contributed by atoms with Gasteiger partial charge in [-0.05, 0) is 47.7 Å². The predicted molar refractivity (Wildman–Crippen MR) is 88.2 cm³/mol. The van der Waals surface area contributed by atoms with Crippen molar-refractivity contribution in [1.82, 2.24) is 5.32 Å². The van der Waals surface area contributed by atoms with E-state index in [1.54, 1.807) is 11.3 Å². The molecule has 0 saturated heterocycles. The fourth-order valence-corrected chi connectivity index (χ4v) is 3.00. The van der Waals surface area contributed by atoms with Crippen LogP contribution >= 0.6 is 11.3 Å². The normalized spacial score (nSPS) is 13.6. The lowest BCUT2D eigenvalue weighted by molar-refractivity contribution is -0.121. The van der Waals surface area contributed by atoms with Gasteiger partial charge in [-0.1, -0.05) is 30.3 Å². The molecule has 0 radical (unpaired) electrons. The van der Waals surface area contributed by atoms with Crippen LogP contribution < -0.4 is 11.1 Å². The Morgan fingerprint density at radius 2 is 2.05 bits per heavy atom. The summed E-state index contributed by atoms with van der Waals surface area (Å²) in [6, 6.07) is 12.1. The molecule has 4 heteroatoms. The predicted octanol–water partition coefficient (Wildman–Crippen LogP) is 3.28. The van der Waals surface area contributed by atoms with Gasteiger partial charge in [0, 0.05) is 18.5 Å². The largest absolute Gasteiger partial charge is 0.353 e. The van der Waals surface area contributed by atoms with Gasteiger partial charge in [0.1, 0.15) is 0 Å². The Balaban J connectivity index is 1.72. The zero-order chi connectivity index (χ0) is 15.1. The van der Waals surface area contributed by atoms with Crippen LogP contribution in [-0.2, 0) is 11.2 Å². The van der Waals surface area contributed by atoms with Crippen LogP contribution in [0.2, 0.25) is 0 Å². The first kappa shape index (κ1) is 15.7. The average Bonchev–Trinajstić information content (AvgIpc) is 2.98. The van der Waals surface area contributed by atoms with Crippen molar-refractivity contribution < 1.29 is 4.79 Å². The Bertz CT molecular complexity index is 539. The number of rotatable bonds is 7. The van der Waals surface area contributed by atoms with Crippen LogP contribution in [0.15, 0.2) is 47.2 Å². The van der Waals surface area contributed by atoms with Crippen LogP contribution in [0.4, 0.5) is 0 Å². The molecule has 0 aliphatic rings. The first-order valence-corrected chi connectivity index (χ1v) is 8.20. The smallest absolute Gasteiger partial charge is 0.220 e. The maximum Gasteiger partial charge on any atom is 0.220 e. The Kier molecular flexibility index (Phi) is 5.96. The van der Waals surface area contributed by atoms with Crippen LogP contribution in [0.5, 0.6) is 0 Å². The molecule has 0 saturated carbocycles. The van der Waals surface area contributed by atoms with Gasteiger partial charge in [0.05, 0.1) is 0 Å². The summed E-state index contributed by atoms with van der Waals surface area (Å²) in [4.78, 5) is 12.0. The van der Waals surface area contributed by atoms with Gasteiger partial charge in [-0.25, -0.2) is 0 Å². The summed E-state index contributed by atoms with van der Waals surface area (Å²) in [6.45, 7) is 2.03. The van der Waals surface area contributed by atoms with E-state index in [0.29, 0.717) is 12.8 Å². The molecule has 3 nitrogen and oxygen atoms in total. The molecule has 2 unspecified atom stereocenters. The molecule has 2 atom stereocenters. The van der Waals surface area contributed by atoms with Crippen molar-refractivity contribution in [1.29, 1.82) is 0 Å². The lowest BCUT2D eigenvalue weighted by Crippen LogP contribution is -2.34. The molecule has 2 aromatic rings. The highest BCUT2D eigenvalue weighted by atomic mass is 32.1. The molecule has 1 heterocycles. The van der Waals surface area contributed by atoms with Crippen LogP contribution in [0, 0.1) is 0 Å². The van der Waals surface area contributed by atoms with Gasteiger partial charge in [-0.15, -0.1) is 0 Å². The number of carbonyl (C=O) groups is 1. The Morgan fingerprint density at radius 1 is 1.29 bits per heavy atom. The second-order valence-electron chi connectivity index (χ2n) is 5.36. The number of nitrogens with two attached hydrogens (primary N) is 1. The maximum atomic E-state index is 12.0. The number of benzene rings is 1. The molecule has 0 aliphatic heterocycles. The third kappa shape index (κ3) is 5.33. The second kappa shape index (κ2) is 7.96. The van der Waals surface area contributed by atoms with Gasteiger partial charge in [-0.3, -0.25) is 4.79 Å². The van der Waals surface area contributed by atoms with Gasteiger partial charge in [-0.2, -0.15) is 11.3 Å². The van der Waals surface area contributed by atoms with E-state index in [1.807, 2.05) is 37.3 Å². The minimum Gasteiger partial charge on any atom is -0.353 e. The molecular formula is C17H22N2OS. The molecule has 0 spiro atoms. The average molecular weight is 302 g/mol. The van der Waals surface area contributed by atoms with Crippen molar-refractivity contribution in [2.45, 2.75) is 38.3 Å². The molecule has 1 aromatic heterocycles. The fourth-order valence-electron chi connectivity index (χ4n) is 2.31. The van der Waals surface area contributed by atoms with Crippen molar-refractivity contribution in [2.24, 2.45) is 5.73 Å². The van der Waals surface area contributed by atoms with Gasteiger partial charge in [0.15, 0.2) is 0 Å². The molecule has 1 aromatic carbocycles. The SMILES string of the molecule is CC(Cc1ccsc1)NC(=O)CCC(N)c1ccccc1. The van der Waals surface area contributed by atoms with Gasteiger partial charge in [0.25, 0.3) is 0 Å². The van der Waals surface area contributed by atoms with Gasteiger partial charge >= 0.3 is 0 Å². The van der Waals surface area contributed by atoms with E-state index in [4.69, 9.17) is 5.73 Å². The highest BCUT2D eigenvalue weighted by Crippen LogP contribution is 2.15. The van der Waals surface area contributed by atoms with Crippen LogP contribution in [0.25, 0.3) is 0 Å². The summed E-state index contributed by atoms with van der Waals surface area (Å²) in [5.41, 5.74) is 8.46. The molecule has 0 fully saturated rings. The molecule has 0 aliphatic carbocycles. The maximum absolute atomic E-state index is 12.0. The van der Waals surface area contributed by atoms with Gasteiger partial charge in [0.2, 0.25) is 5.91 Å².